The van der Waals surface area contributed by atoms with Crippen LogP contribution in [0.2, 0.25) is 0 Å². The molecule has 0 bridgehead atoms. The van der Waals surface area contributed by atoms with Gasteiger partial charge in [0, 0.05) is 24.5 Å². The summed E-state index contributed by atoms with van der Waals surface area (Å²) in [4.78, 5) is 12.9. The number of rotatable bonds is 5. The lowest BCUT2D eigenvalue weighted by Crippen LogP contribution is -2.38. The summed E-state index contributed by atoms with van der Waals surface area (Å²) >= 11 is 0. The van der Waals surface area contributed by atoms with E-state index in [-0.39, 0.29) is 30.4 Å². The molecule has 0 saturated carbocycles. The molecule has 0 unspecified atom stereocenters. The van der Waals surface area contributed by atoms with E-state index in [2.05, 4.69) is 5.32 Å². The normalized spacial score (nSPS) is 11.2. The Kier molecular flexibility index (Phi) is 5.24. The van der Waals surface area contributed by atoms with Crippen LogP contribution in [0.5, 0.6) is 0 Å². The van der Waals surface area contributed by atoms with Gasteiger partial charge in [-0.1, -0.05) is 0 Å². The molecule has 3 N–H and O–H groups in total. The minimum absolute atomic E-state index is 0.0372. The number of halogens is 3. The number of hydrogen-bond donors (Lipinski definition) is 2. The highest BCUT2D eigenvalue weighted by molar-refractivity contribution is 5.81. The molecule has 7 heteroatoms. The minimum atomic E-state index is -4.51. The first-order valence-corrected chi connectivity index (χ1v) is 6.28. The van der Waals surface area contributed by atoms with Crippen LogP contribution < -0.4 is 16.0 Å². The third kappa shape index (κ3) is 4.04. The van der Waals surface area contributed by atoms with E-state index < -0.39 is 11.7 Å². The van der Waals surface area contributed by atoms with E-state index in [1.165, 1.54) is 17.0 Å². The van der Waals surface area contributed by atoms with Crippen molar-refractivity contribution in [1.82, 2.24) is 5.32 Å². The van der Waals surface area contributed by atoms with Crippen LogP contribution >= 0.6 is 0 Å². The van der Waals surface area contributed by atoms with Crippen LogP contribution in [0.15, 0.2) is 18.2 Å². The molecule has 0 radical (unpaired) electrons. The van der Waals surface area contributed by atoms with E-state index in [1.807, 2.05) is 0 Å². The number of nitrogens with one attached hydrogen (secondary N) is 1. The van der Waals surface area contributed by atoms with Crippen molar-refractivity contribution in [2.24, 2.45) is 0 Å². The number of nitrogens with zero attached hydrogens (tertiary/aromatic N) is 1. The van der Waals surface area contributed by atoms with Crippen LogP contribution in [-0.2, 0) is 11.0 Å². The molecule has 1 aromatic carbocycles. The van der Waals surface area contributed by atoms with Gasteiger partial charge in [0.15, 0.2) is 0 Å². The molecule has 1 aromatic rings. The Morgan fingerprint density at radius 2 is 2.00 bits per heavy atom. The number of nitrogens with two attached hydrogens (primary N) is 1. The fourth-order valence-corrected chi connectivity index (χ4v) is 1.85. The topological polar surface area (TPSA) is 58.4 Å². The fraction of sp³-hybridized carbons (Fsp3) is 0.462. The van der Waals surface area contributed by atoms with Crippen molar-refractivity contribution in [3.8, 4) is 0 Å². The summed E-state index contributed by atoms with van der Waals surface area (Å²) in [5, 5.41) is 2.56. The van der Waals surface area contributed by atoms with Gasteiger partial charge in [-0.05, 0) is 32.0 Å². The van der Waals surface area contributed by atoms with Crippen LogP contribution in [0, 0.1) is 0 Å². The van der Waals surface area contributed by atoms with Gasteiger partial charge in [0.05, 0.1) is 12.1 Å². The molecule has 4 nitrogen and oxygen atoms in total. The van der Waals surface area contributed by atoms with E-state index in [4.69, 9.17) is 5.73 Å². The van der Waals surface area contributed by atoms with Gasteiger partial charge in [-0.15, -0.1) is 0 Å². The zero-order valence-electron chi connectivity index (χ0n) is 11.4. The van der Waals surface area contributed by atoms with Gasteiger partial charge in [0.2, 0.25) is 5.91 Å². The second kappa shape index (κ2) is 6.49. The number of carbonyl (C=O) groups is 1. The molecular formula is C13H18F3N3O. The monoisotopic (exact) mass is 289 g/mol. The lowest BCUT2D eigenvalue weighted by Gasteiger charge is -2.26. The van der Waals surface area contributed by atoms with Gasteiger partial charge in [0.1, 0.15) is 0 Å². The molecule has 0 aliphatic heterocycles. The highest BCUT2D eigenvalue weighted by Gasteiger charge is 2.35. The van der Waals surface area contributed by atoms with Crippen molar-refractivity contribution in [3.63, 3.8) is 0 Å². The van der Waals surface area contributed by atoms with Crippen molar-refractivity contribution in [1.29, 1.82) is 0 Å². The first-order valence-electron chi connectivity index (χ1n) is 6.28. The largest absolute Gasteiger partial charge is 0.418 e. The summed E-state index contributed by atoms with van der Waals surface area (Å²) in [6, 6.07) is 3.57. The van der Waals surface area contributed by atoms with E-state index >= 15 is 0 Å². The summed E-state index contributed by atoms with van der Waals surface area (Å²) in [5.74, 6) is -0.320. The number of carbonyl (C=O) groups excluding carboxylic acids is 1. The third-order valence-electron chi connectivity index (χ3n) is 2.76. The second-order valence-corrected chi connectivity index (χ2v) is 4.24. The van der Waals surface area contributed by atoms with E-state index in [1.54, 1.807) is 13.8 Å². The lowest BCUT2D eigenvalue weighted by molar-refractivity contribution is -0.137. The number of hydrogen-bond acceptors (Lipinski definition) is 3. The number of nitrogen functional groups attached to an aromatic ring is 1. The van der Waals surface area contributed by atoms with Crippen molar-refractivity contribution in [2.75, 3.05) is 30.3 Å². The smallest absolute Gasteiger partial charge is 0.399 e. The average Bonchev–Trinajstić information content (AvgIpc) is 2.35. The average molecular weight is 289 g/mol. The molecular weight excluding hydrogens is 271 g/mol. The van der Waals surface area contributed by atoms with Crippen LogP contribution in [0.3, 0.4) is 0 Å². The van der Waals surface area contributed by atoms with Gasteiger partial charge in [0.25, 0.3) is 0 Å². The molecule has 112 valence electrons. The Labute approximate surface area is 115 Å². The molecule has 20 heavy (non-hydrogen) atoms. The predicted molar refractivity (Wildman–Crippen MR) is 72.4 cm³/mol. The quantitative estimate of drug-likeness (QED) is 0.817. The number of amides is 1. The molecule has 0 heterocycles. The Bertz CT molecular complexity index is 474. The summed E-state index contributed by atoms with van der Waals surface area (Å²) in [7, 11) is 0. The SMILES string of the molecule is CCNC(=O)CN(CC)c1ccc(N)cc1C(F)(F)F. The number of alkyl halides is 3. The molecule has 0 saturated heterocycles. The summed E-state index contributed by atoms with van der Waals surface area (Å²) in [6.45, 7) is 4.03. The first-order chi connectivity index (χ1) is 9.29. The highest BCUT2D eigenvalue weighted by Crippen LogP contribution is 2.37. The van der Waals surface area contributed by atoms with Crippen molar-refractivity contribution < 1.29 is 18.0 Å². The van der Waals surface area contributed by atoms with Crippen LogP contribution in [-0.4, -0.2) is 25.5 Å². The lowest BCUT2D eigenvalue weighted by atomic mass is 10.1. The van der Waals surface area contributed by atoms with Gasteiger partial charge < -0.3 is 16.0 Å². The standard InChI is InChI=1S/C13H18F3N3O/c1-3-18-12(20)8-19(4-2)11-6-5-9(17)7-10(11)13(14,15)16/h5-7H,3-4,8,17H2,1-2H3,(H,18,20). The molecule has 1 amide bonds. The highest BCUT2D eigenvalue weighted by atomic mass is 19.4. The van der Waals surface area contributed by atoms with Crippen molar-refractivity contribution in [3.05, 3.63) is 23.8 Å². The molecule has 0 aliphatic rings. The Morgan fingerprint density at radius 3 is 2.50 bits per heavy atom. The van der Waals surface area contributed by atoms with Crippen LogP contribution in [0.4, 0.5) is 24.5 Å². The number of benzene rings is 1. The summed E-state index contributed by atoms with van der Waals surface area (Å²) in [5.41, 5.74) is 4.58. The maximum Gasteiger partial charge on any atom is 0.418 e. The summed E-state index contributed by atoms with van der Waals surface area (Å²) < 4.78 is 39.1. The van der Waals surface area contributed by atoms with Gasteiger partial charge in [-0.3, -0.25) is 4.79 Å². The fourth-order valence-electron chi connectivity index (χ4n) is 1.85. The first kappa shape index (κ1) is 16.1. The zero-order valence-corrected chi connectivity index (χ0v) is 11.4. The van der Waals surface area contributed by atoms with E-state index in [0.29, 0.717) is 6.54 Å². The Balaban J connectivity index is 3.12. The second-order valence-electron chi connectivity index (χ2n) is 4.24. The predicted octanol–water partition coefficient (Wildman–Crippen LogP) is 2.25. The van der Waals surface area contributed by atoms with E-state index in [9.17, 15) is 18.0 Å². The maximum absolute atomic E-state index is 13.0. The van der Waals surface area contributed by atoms with Crippen molar-refractivity contribution in [2.45, 2.75) is 20.0 Å². The number of anilines is 2. The van der Waals surface area contributed by atoms with Crippen molar-refractivity contribution >= 4 is 17.3 Å². The molecule has 0 atom stereocenters. The minimum Gasteiger partial charge on any atom is -0.399 e. The zero-order chi connectivity index (χ0) is 15.3. The molecule has 0 fully saturated rings. The van der Waals surface area contributed by atoms with Gasteiger partial charge in [-0.25, -0.2) is 0 Å². The Hall–Kier alpha value is -1.92. The van der Waals surface area contributed by atoms with Crippen LogP contribution in [0.25, 0.3) is 0 Å². The molecule has 0 spiro atoms. The van der Waals surface area contributed by atoms with Crippen LogP contribution in [0.1, 0.15) is 19.4 Å². The van der Waals surface area contributed by atoms with E-state index in [0.717, 1.165) is 6.07 Å². The summed E-state index contributed by atoms with van der Waals surface area (Å²) in [6.07, 6.45) is -4.51. The molecule has 0 aromatic heterocycles. The van der Waals surface area contributed by atoms with Gasteiger partial charge >= 0.3 is 6.18 Å². The maximum atomic E-state index is 13.0. The number of likely N-dealkylation sites (N-methyl/N-ethyl adjacent to an activating group) is 2. The third-order valence-corrected chi connectivity index (χ3v) is 2.76. The Morgan fingerprint density at radius 1 is 1.35 bits per heavy atom. The molecule has 0 aliphatic carbocycles. The molecule has 1 rings (SSSR count). The van der Waals surface area contributed by atoms with Gasteiger partial charge in [-0.2, -0.15) is 13.2 Å².